The van der Waals surface area contributed by atoms with Gasteiger partial charge in [-0.15, -0.1) is 0 Å². The largest absolute Gasteiger partial charge is 0.382 e. The molecule has 2 rings (SSSR count). The zero-order valence-electron chi connectivity index (χ0n) is 8.64. The van der Waals surface area contributed by atoms with E-state index in [4.69, 9.17) is 17.0 Å². The lowest BCUT2D eigenvalue weighted by atomic mass is 10.2. The molecular formula is C11H14N2OS. The Kier molecular flexibility index (Phi) is 3.18. The summed E-state index contributed by atoms with van der Waals surface area (Å²) in [5, 5.41) is 3.96. The molecule has 1 saturated heterocycles. The molecule has 1 unspecified atom stereocenters. The molecule has 3 nitrogen and oxygen atoms in total. The average molecular weight is 222 g/mol. The van der Waals surface area contributed by atoms with Crippen LogP contribution in [-0.4, -0.2) is 31.4 Å². The Hall–Kier alpha value is -1.13. The Morgan fingerprint density at radius 3 is 2.87 bits per heavy atom. The van der Waals surface area contributed by atoms with E-state index in [0.29, 0.717) is 12.6 Å². The number of hydrogen-bond acceptors (Lipinski definition) is 2. The van der Waals surface area contributed by atoms with Crippen LogP contribution in [0.15, 0.2) is 30.3 Å². The first-order chi connectivity index (χ1) is 7.33. The summed E-state index contributed by atoms with van der Waals surface area (Å²) in [4.78, 5) is 2.11. The molecule has 0 amide bonds. The Morgan fingerprint density at radius 1 is 1.47 bits per heavy atom. The van der Waals surface area contributed by atoms with Crippen LogP contribution in [0.25, 0.3) is 0 Å². The van der Waals surface area contributed by atoms with Crippen LogP contribution in [0.2, 0.25) is 0 Å². The maximum absolute atomic E-state index is 5.27. The molecule has 1 aromatic carbocycles. The fourth-order valence-electron chi connectivity index (χ4n) is 1.79. The molecule has 1 aliphatic rings. The summed E-state index contributed by atoms with van der Waals surface area (Å²) in [5.74, 6) is 0. The third-order valence-electron chi connectivity index (χ3n) is 2.47. The Labute approximate surface area is 95.0 Å². The average Bonchev–Trinajstić information content (AvgIpc) is 2.62. The van der Waals surface area contributed by atoms with E-state index in [-0.39, 0.29) is 0 Å². The van der Waals surface area contributed by atoms with Crippen LogP contribution < -0.4 is 10.2 Å². The number of hydrogen-bond donors (Lipinski definition) is 1. The lowest BCUT2D eigenvalue weighted by Crippen LogP contribution is -2.36. The maximum atomic E-state index is 5.27. The van der Waals surface area contributed by atoms with Gasteiger partial charge in [-0.3, -0.25) is 0 Å². The minimum atomic E-state index is 0.296. The highest BCUT2D eigenvalue weighted by Crippen LogP contribution is 2.20. The van der Waals surface area contributed by atoms with Crippen molar-refractivity contribution in [1.82, 2.24) is 5.32 Å². The molecule has 1 heterocycles. The van der Waals surface area contributed by atoms with Crippen molar-refractivity contribution in [2.75, 3.05) is 25.2 Å². The van der Waals surface area contributed by atoms with Gasteiger partial charge >= 0.3 is 0 Å². The summed E-state index contributed by atoms with van der Waals surface area (Å²) in [6, 6.07) is 10.4. The van der Waals surface area contributed by atoms with Crippen LogP contribution in [0.5, 0.6) is 0 Å². The second-order valence-corrected chi connectivity index (χ2v) is 3.89. The summed E-state index contributed by atoms with van der Waals surface area (Å²) in [6.07, 6.45) is 0. The molecule has 1 fully saturated rings. The lowest BCUT2D eigenvalue weighted by Gasteiger charge is -2.24. The topological polar surface area (TPSA) is 24.5 Å². The third-order valence-corrected chi connectivity index (χ3v) is 2.81. The standard InChI is InChI=1S/C11H14N2OS/c1-14-8-10-7-12-11(15)13(10)9-5-3-2-4-6-9/h2-6,10H,7-8H2,1H3,(H,12,15). The summed E-state index contributed by atoms with van der Waals surface area (Å²) in [6.45, 7) is 1.53. The number of anilines is 1. The summed E-state index contributed by atoms with van der Waals surface area (Å²) >= 11 is 5.27. The zero-order valence-corrected chi connectivity index (χ0v) is 9.46. The van der Waals surface area contributed by atoms with Gasteiger partial charge in [-0.2, -0.15) is 0 Å². The number of ether oxygens (including phenoxy) is 1. The van der Waals surface area contributed by atoms with Gasteiger partial charge in [0.05, 0.1) is 12.6 Å². The molecule has 0 saturated carbocycles. The molecule has 1 aliphatic heterocycles. The first-order valence-electron chi connectivity index (χ1n) is 4.94. The van der Waals surface area contributed by atoms with Crippen LogP contribution in [0.3, 0.4) is 0 Å². The van der Waals surface area contributed by atoms with Gasteiger partial charge in [0.25, 0.3) is 0 Å². The molecule has 15 heavy (non-hydrogen) atoms. The molecular weight excluding hydrogens is 208 g/mol. The van der Waals surface area contributed by atoms with E-state index >= 15 is 0 Å². The van der Waals surface area contributed by atoms with E-state index in [1.165, 1.54) is 0 Å². The second kappa shape index (κ2) is 4.59. The number of nitrogens with zero attached hydrogens (tertiary/aromatic N) is 1. The molecule has 4 heteroatoms. The number of nitrogens with one attached hydrogen (secondary N) is 1. The molecule has 0 bridgehead atoms. The minimum absolute atomic E-state index is 0.296. The fourth-order valence-corrected chi connectivity index (χ4v) is 2.13. The summed E-state index contributed by atoms with van der Waals surface area (Å²) < 4.78 is 5.18. The molecule has 0 spiro atoms. The fraction of sp³-hybridized carbons (Fsp3) is 0.364. The first-order valence-corrected chi connectivity index (χ1v) is 5.35. The van der Waals surface area contributed by atoms with Crippen LogP contribution in [0.4, 0.5) is 5.69 Å². The van der Waals surface area contributed by atoms with Gasteiger partial charge in [-0.1, -0.05) is 18.2 Å². The highest BCUT2D eigenvalue weighted by Gasteiger charge is 2.28. The van der Waals surface area contributed by atoms with Gasteiger partial charge in [0.1, 0.15) is 0 Å². The van der Waals surface area contributed by atoms with Crippen molar-refractivity contribution in [3.63, 3.8) is 0 Å². The van der Waals surface area contributed by atoms with Crippen molar-refractivity contribution in [2.45, 2.75) is 6.04 Å². The monoisotopic (exact) mass is 222 g/mol. The highest BCUT2D eigenvalue weighted by atomic mass is 32.1. The molecule has 0 aliphatic carbocycles. The van der Waals surface area contributed by atoms with Crippen LogP contribution in [0.1, 0.15) is 0 Å². The molecule has 1 N–H and O–H groups in total. The van der Waals surface area contributed by atoms with E-state index < -0.39 is 0 Å². The highest BCUT2D eigenvalue weighted by molar-refractivity contribution is 7.80. The number of para-hydroxylation sites is 1. The van der Waals surface area contributed by atoms with Crippen molar-refractivity contribution < 1.29 is 4.74 Å². The SMILES string of the molecule is COCC1CNC(=S)N1c1ccccc1. The van der Waals surface area contributed by atoms with E-state index in [9.17, 15) is 0 Å². The number of rotatable bonds is 3. The number of methoxy groups -OCH3 is 1. The zero-order chi connectivity index (χ0) is 10.7. The lowest BCUT2D eigenvalue weighted by molar-refractivity contribution is 0.185. The minimum Gasteiger partial charge on any atom is -0.382 e. The van der Waals surface area contributed by atoms with Gasteiger partial charge in [-0.05, 0) is 24.4 Å². The van der Waals surface area contributed by atoms with E-state index in [1.54, 1.807) is 7.11 Å². The first kappa shape index (κ1) is 10.4. The maximum Gasteiger partial charge on any atom is 0.173 e. The molecule has 80 valence electrons. The second-order valence-electron chi connectivity index (χ2n) is 3.50. The molecule has 0 radical (unpaired) electrons. The quantitative estimate of drug-likeness (QED) is 0.781. The van der Waals surface area contributed by atoms with Gasteiger partial charge < -0.3 is 15.0 Å². The smallest absolute Gasteiger partial charge is 0.173 e. The molecule has 1 atom stereocenters. The van der Waals surface area contributed by atoms with Gasteiger partial charge in [0.2, 0.25) is 0 Å². The van der Waals surface area contributed by atoms with Crippen LogP contribution in [0, 0.1) is 0 Å². The van der Waals surface area contributed by atoms with Crippen LogP contribution in [-0.2, 0) is 4.74 Å². The predicted molar refractivity (Wildman–Crippen MR) is 65.2 cm³/mol. The normalized spacial score (nSPS) is 20.5. The van der Waals surface area contributed by atoms with E-state index in [1.807, 2.05) is 18.2 Å². The summed E-state index contributed by atoms with van der Waals surface area (Å²) in [7, 11) is 1.71. The van der Waals surface area contributed by atoms with Crippen molar-refractivity contribution >= 4 is 23.0 Å². The van der Waals surface area contributed by atoms with Crippen LogP contribution >= 0.6 is 12.2 Å². The molecule has 0 aromatic heterocycles. The third kappa shape index (κ3) is 2.11. The van der Waals surface area contributed by atoms with Crippen molar-refractivity contribution in [1.29, 1.82) is 0 Å². The predicted octanol–water partition coefficient (Wildman–Crippen LogP) is 1.40. The van der Waals surface area contributed by atoms with Gasteiger partial charge in [0, 0.05) is 19.3 Å². The van der Waals surface area contributed by atoms with Crippen molar-refractivity contribution in [3.8, 4) is 0 Å². The van der Waals surface area contributed by atoms with E-state index in [2.05, 4.69) is 22.3 Å². The van der Waals surface area contributed by atoms with Crippen molar-refractivity contribution in [2.24, 2.45) is 0 Å². The number of thiocarbonyl (C=S) groups is 1. The van der Waals surface area contributed by atoms with E-state index in [0.717, 1.165) is 17.3 Å². The van der Waals surface area contributed by atoms with Crippen molar-refractivity contribution in [3.05, 3.63) is 30.3 Å². The Bertz CT molecular complexity index is 342. The summed E-state index contributed by atoms with van der Waals surface area (Å²) in [5.41, 5.74) is 1.12. The Morgan fingerprint density at radius 2 is 2.20 bits per heavy atom. The van der Waals surface area contributed by atoms with Gasteiger partial charge in [0.15, 0.2) is 5.11 Å². The molecule has 1 aromatic rings. The van der Waals surface area contributed by atoms with Gasteiger partial charge in [-0.25, -0.2) is 0 Å². The number of benzene rings is 1. The Balaban J connectivity index is 2.21.